The SMILES string of the molecule is COc1cccc(/C=C/C(=O)Nc2cccc(C)c2)c1. The van der Waals surface area contributed by atoms with Gasteiger partial charge >= 0.3 is 0 Å². The number of hydrogen-bond acceptors (Lipinski definition) is 2. The lowest BCUT2D eigenvalue weighted by molar-refractivity contribution is -0.111. The summed E-state index contributed by atoms with van der Waals surface area (Å²) in [5.74, 6) is 0.615. The molecule has 2 rings (SSSR count). The Balaban J connectivity index is 2.02. The van der Waals surface area contributed by atoms with Gasteiger partial charge in [0.05, 0.1) is 7.11 Å². The van der Waals surface area contributed by atoms with Crippen LogP contribution < -0.4 is 10.1 Å². The number of rotatable bonds is 4. The second-order valence-electron chi connectivity index (χ2n) is 4.47. The summed E-state index contributed by atoms with van der Waals surface area (Å²) in [7, 11) is 1.62. The lowest BCUT2D eigenvalue weighted by atomic mass is 10.2. The van der Waals surface area contributed by atoms with E-state index in [1.165, 1.54) is 6.08 Å². The minimum Gasteiger partial charge on any atom is -0.497 e. The molecule has 3 nitrogen and oxygen atoms in total. The number of ether oxygens (including phenoxy) is 1. The molecule has 2 aromatic carbocycles. The summed E-state index contributed by atoms with van der Waals surface area (Å²) in [5.41, 5.74) is 2.83. The summed E-state index contributed by atoms with van der Waals surface area (Å²) < 4.78 is 5.14. The largest absolute Gasteiger partial charge is 0.497 e. The van der Waals surface area contributed by atoms with Gasteiger partial charge in [-0.15, -0.1) is 0 Å². The van der Waals surface area contributed by atoms with Crippen molar-refractivity contribution in [3.05, 3.63) is 65.7 Å². The first-order chi connectivity index (χ1) is 9.67. The van der Waals surface area contributed by atoms with E-state index in [4.69, 9.17) is 4.74 Å². The van der Waals surface area contributed by atoms with Crippen molar-refractivity contribution in [2.75, 3.05) is 12.4 Å². The third kappa shape index (κ3) is 3.99. The number of hydrogen-bond donors (Lipinski definition) is 1. The summed E-state index contributed by atoms with van der Waals surface area (Å²) in [6, 6.07) is 15.2. The van der Waals surface area contributed by atoms with Crippen molar-refractivity contribution in [3.8, 4) is 5.75 Å². The van der Waals surface area contributed by atoms with E-state index in [0.717, 1.165) is 22.6 Å². The van der Waals surface area contributed by atoms with Crippen LogP contribution in [0.5, 0.6) is 5.75 Å². The van der Waals surface area contributed by atoms with Crippen LogP contribution in [0.4, 0.5) is 5.69 Å². The summed E-state index contributed by atoms with van der Waals surface area (Å²) in [6.45, 7) is 1.99. The molecular formula is C17H17NO2. The first-order valence-corrected chi connectivity index (χ1v) is 6.37. The fourth-order valence-corrected chi connectivity index (χ4v) is 1.82. The molecule has 3 heteroatoms. The highest BCUT2D eigenvalue weighted by molar-refractivity contribution is 6.01. The molecule has 0 aliphatic heterocycles. The fraction of sp³-hybridized carbons (Fsp3) is 0.118. The first kappa shape index (κ1) is 13.9. The van der Waals surface area contributed by atoms with Gasteiger partial charge in [0.15, 0.2) is 0 Å². The van der Waals surface area contributed by atoms with Gasteiger partial charge in [-0.3, -0.25) is 4.79 Å². The van der Waals surface area contributed by atoms with Gasteiger partial charge in [0.25, 0.3) is 0 Å². The highest BCUT2D eigenvalue weighted by Gasteiger charge is 1.98. The van der Waals surface area contributed by atoms with Gasteiger partial charge in [0, 0.05) is 11.8 Å². The van der Waals surface area contributed by atoms with Crippen molar-refractivity contribution in [1.29, 1.82) is 0 Å². The van der Waals surface area contributed by atoms with Crippen LogP contribution in [0.25, 0.3) is 6.08 Å². The van der Waals surface area contributed by atoms with E-state index in [0.29, 0.717) is 0 Å². The van der Waals surface area contributed by atoms with Gasteiger partial charge in [-0.2, -0.15) is 0 Å². The van der Waals surface area contributed by atoms with Crippen LogP contribution in [0.2, 0.25) is 0 Å². The average Bonchev–Trinajstić information content (AvgIpc) is 2.45. The standard InChI is InChI=1S/C17H17NO2/c1-13-5-3-7-15(11-13)18-17(19)10-9-14-6-4-8-16(12-14)20-2/h3-12H,1-2H3,(H,18,19)/b10-9+. The Kier molecular flexibility index (Phi) is 4.56. The molecule has 0 aliphatic rings. The molecule has 0 atom stereocenters. The molecule has 0 saturated heterocycles. The van der Waals surface area contributed by atoms with Gasteiger partial charge in [0.2, 0.25) is 5.91 Å². The first-order valence-electron chi connectivity index (χ1n) is 6.37. The van der Waals surface area contributed by atoms with Crippen LogP contribution in [-0.2, 0) is 4.79 Å². The van der Waals surface area contributed by atoms with E-state index in [2.05, 4.69) is 5.32 Å². The molecular weight excluding hydrogens is 250 g/mol. The Labute approximate surface area is 118 Å². The highest BCUT2D eigenvalue weighted by Crippen LogP contribution is 2.14. The zero-order valence-electron chi connectivity index (χ0n) is 11.6. The van der Waals surface area contributed by atoms with Crippen LogP contribution in [0.3, 0.4) is 0 Å². The average molecular weight is 267 g/mol. The van der Waals surface area contributed by atoms with E-state index in [1.807, 2.05) is 55.5 Å². The normalized spacial score (nSPS) is 10.5. The number of carbonyl (C=O) groups excluding carboxylic acids is 1. The maximum atomic E-state index is 11.8. The molecule has 0 unspecified atom stereocenters. The van der Waals surface area contributed by atoms with E-state index in [-0.39, 0.29) is 5.91 Å². The lowest BCUT2D eigenvalue weighted by Crippen LogP contribution is -2.07. The molecule has 2 aromatic rings. The Morgan fingerprint density at radius 1 is 1.15 bits per heavy atom. The predicted molar refractivity (Wildman–Crippen MR) is 81.8 cm³/mol. The van der Waals surface area contributed by atoms with E-state index < -0.39 is 0 Å². The Morgan fingerprint density at radius 2 is 1.95 bits per heavy atom. The molecule has 0 heterocycles. The Morgan fingerprint density at radius 3 is 2.70 bits per heavy atom. The minimum absolute atomic E-state index is 0.154. The van der Waals surface area contributed by atoms with Crippen LogP contribution in [0.15, 0.2) is 54.6 Å². The molecule has 0 radical (unpaired) electrons. The van der Waals surface area contributed by atoms with E-state index >= 15 is 0 Å². The molecule has 0 bridgehead atoms. The molecule has 1 N–H and O–H groups in total. The van der Waals surface area contributed by atoms with Gasteiger partial charge in [-0.25, -0.2) is 0 Å². The number of amides is 1. The molecule has 0 saturated carbocycles. The topological polar surface area (TPSA) is 38.3 Å². The smallest absolute Gasteiger partial charge is 0.248 e. The number of methoxy groups -OCH3 is 1. The van der Waals surface area contributed by atoms with Crippen LogP contribution >= 0.6 is 0 Å². The highest BCUT2D eigenvalue weighted by atomic mass is 16.5. The van der Waals surface area contributed by atoms with Crippen molar-refractivity contribution in [1.82, 2.24) is 0 Å². The number of anilines is 1. The van der Waals surface area contributed by atoms with Crippen molar-refractivity contribution >= 4 is 17.7 Å². The third-order valence-electron chi connectivity index (χ3n) is 2.81. The van der Waals surface area contributed by atoms with Crippen molar-refractivity contribution < 1.29 is 9.53 Å². The summed E-state index contributed by atoms with van der Waals surface area (Å²) in [4.78, 5) is 11.8. The summed E-state index contributed by atoms with van der Waals surface area (Å²) in [6.07, 6.45) is 3.27. The summed E-state index contributed by atoms with van der Waals surface area (Å²) in [5, 5.41) is 2.82. The van der Waals surface area contributed by atoms with Crippen molar-refractivity contribution in [3.63, 3.8) is 0 Å². The lowest BCUT2D eigenvalue weighted by Gasteiger charge is -2.03. The maximum absolute atomic E-state index is 11.8. The molecule has 102 valence electrons. The molecule has 0 aliphatic carbocycles. The van der Waals surface area contributed by atoms with Crippen molar-refractivity contribution in [2.45, 2.75) is 6.92 Å². The number of aryl methyl sites for hydroxylation is 1. The van der Waals surface area contributed by atoms with Crippen LogP contribution in [0.1, 0.15) is 11.1 Å². The molecule has 1 amide bonds. The fourth-order valence-electron chi connectivity index (χ4n) is 1.82. The number of nitrogens with one attached hydrogen (secondary N) is 1. The molecule has 0 spiro atoms. The third-order valence-corrected chi connectivity index (χ3v) is 2.81. The number of carbonyl (C=O) groups is 1. The second kappa shape index (κ2) is 6.57. The monoisotopic (exact) mass is 267 g/mol. The Hall–Kier alpha value is -2.55. The number of benzene rings is 2. The van der Waals surface area contributed by atoms with Gasteiger partial charge in [0.1, 0.15) is 5.75 Å². The minimum atomic E-state index is -0.154. The van der Waals surface area contributed by atoms with Gasteiger partial charge < -0.3 is 10.1 Å². The van der Waals surface area contributed by atoms with Gasteiger partial charge in [-0.1, -0.05) is 24.3 Å². The molecule has 0 aromatic heterocycles. The maximum Gasteiger partial charge on any atom is 0.248 e. The van der Waals surface area contributed by atoms with E-state index in [1.54, 1.807) is 13.2 Å². The quantitative estimate of drug-likeness (QED) is 0.859. The zero-order valence-corrected chi connectivity index (χ0v) is 11.6. The molecule has 20 heavy (non-hydrogen) atoms. The van der Waals surface area contributed by atoms with Crippen molar-refractivity contribution in [2.24, 2.45) is 0 Å². The molecule has 0 fully saturated rings. The van der Waals surface area contributed by atoms with Gasteiger partial charge in [-0.05, 0) is 48.4 Å². The summed E-state index contributed by atoms with van der Waals surface area (Å²) >= 11 is 0. The van der Waals surface area contributed by atoms with Crippen LogP contribution in [-0.4, -0.2) is 13.0 Å². The van der Waals surface area contributed by atoms with Crippen LogP contribution in [0, 0.1) is 6.92 Å². The zero-order chi connectivity index (χ0) is 14.4. The predicted octanol–water partition coefficient (Wildman–Crippen LogP) is 3.66. The second-order valence-corrected chi connectivity index (χ2v) is 4.47. The Bertz CT molecular complexity index is 632. The van der Waals surface area contributed by atoms with E-state index in [9.17, 15) is 4.79 Å².